The molecule has 2 rings (SSSR count). The molecule has 23 heavy (non-hydrogen) atoms. The molecule has 0 spiro atoms. The Hall–Kier alpha value is -1.51. The van der Waals surface area contributed by atoms with Crippen LogP contribution >= 0.6 is 11.3 Å². The van der Waals surface area contributed by atoms with Crippen LogP contribution in [0.4, 0.5) is 0 Å². The average Bonchev–Trinajstić information content (AvgIpc) is 2.85. The van der Waals surface area contributed by atoms with E-state index >= 15 is 0 Å². The number of aromatic nitrogens is 1. The van der Waals surface area contributed by atoms with Gasteiger partial charge in [-0.2, -0.15) is 4.31 Å². The minimum atomic E-state index is -3.71. The fourth-order valence-electron chi connectivity index (χ4n) is 2.07. The van der Waals surface area contributed by atoms with Crippen LogP contribution in [0.25, 0.3) is 10.2 Å². The third-order valence-electron chi connectivity index (χ3n) is 3.56. The number of nitrogens with zero attached hydrogens (tertiary/aromatic N) is 2. The van der Waals surface area contributed by atoms with E-state index in [0.29, 0.717) is 0 Å². The first kappa shape index (κ1) is 17.8. The van der Waals surface area contributed by atoms with E-state index in [0.717, 1.165) is 26.0 Å². The van der Waals surface area contributed by atoms with Crippen molar-refractivity contribution in [3.8, 4) is 0 Å². The molecule has 6 nitrogen and oxygen atoms in total. The van der Waals surface area contributed by atoms with Crippen molar-refractivity contribution in [2.75, 3.05) is 13.6 Å². The fraction of sp³-hybridized carbons (Fsp3) is 0.467. The van der Waals surface area contributed by atoms with Gasteiger partial charge in [-0.1, -0.05) is 6.92 Å². The summed E-state index contributed by atoms with van der Waals surface area (Å²) in [6.07, 6.45) is 0.795. The summed E-state index contributed by atoms with van der Waals surface area (Å²) < 4.78 is 27.1. The molecule has 0 aliphatic carbocycles. The molecule has 8 heteroatoms. The number of nitrogens with one attached hydrogen (secondary N) is 1. The molecule has 126 valence electrons. The molecule has 1 heterocycles. The molecule has 1 unspecified atom stereocenters. The first-order valence-corrected chi connectivity index (χ1v) is 9.62. The van der Waals surface area contributed by atoms with Crippen LogP contribution in [0.1, 0.15) is 25.3 Å². The smallest absolute Gasteiger partial charge is 0.243 e. The molecule has 1 amide bonds. The second-order valence-electron chi connectivity index (χ2n) is 5.50. The minimum absolute atomic E-state index is 0.0233. The highest BCUT2D eigenvalue weighted by molar-refractivity contribution is 7.89. The quantitative estimate of drug-likeness (QED) is 0.861. The lowest BCUT2D eigenvalue weighted by Crippen LogP contribution is -2.41. The summed E-state index contributed by atoms with van der Waals surface area (Å²) in [7, 11) is -2.30. The Labute approximate surface area is 140 Å². The van der Waals surface area contributed by atoms with Gasteiger partial charge in [0.25, 0.3) is 0 Å². The number of rotatable bonds is 6. The Bertz CT molecular complexity index is 814. The van der Waals surface area contributed by atoms with E-state index < -0.39 is 10.0 Å². The largest absolute Gasteiger partial charge is 0.353 e. The van der Waals surface area contributed by atoms with E-state index in [1.165, 1.54) is 24.5 Å². The molecule has 2 aromatic rings. The molecule has 0 aliphatic rings. The second-order valence-corrected chi connectivity index (χ2v) is 8.78. The van der Waals surface area contributed by atoms with E-state index in [1.807, 2.05) is 20.8 Å². The van der Waals surface area contributed by atoms with E-state index in [1.54, 1.807) is 12.1 Å². The van der Waals surface area contributed by atoms with Crippen LogP contribution in [-0.4, -0.2) is 43.2 Å². The van der Waals surface area contributed by atoms with Gasteiger partial charge in [-0.3, -0.25) is 4.79 Å². The molecule has 0 saturated heterocycles. The topological polar surface area (TPSA) is 79.4 Å². The highest BCUT2D eigenvalue weighted by atomic mass is 32.2. The number of aryl methyl sites for hydroxylation is 1. The number of carbonyl (C=O) groups excluding carboxylic acids is 1. The molecule has 0 fully saturated rings. The molecule has 0 radical (unpaired) electrons. The summed E-state index contributed by atoms with van der Waals surface area (Å²) in [5.41, 5.74) is 0.781. The Morgan fingerprint density at radius 2 is 2.13 bits per heavy atom. The van der Waals surface area contributed by atoms with Gasteiger partial charge in [-0.25, -0.2) is 13.4 Å². The van der Waals surface area contributed by atoms with Gasteiger partial charge in [0, 0.05) is 13.1 Å². The van der Waals surface area contributed by atoms with Gasteiger partial charge in [0.15, 0.2) is 0 Å². The second kappa shape index (κ2) is 6.94. The molecule has 1 aromatic heterocycles. The highest BCUT2D eigenvalue weighted by Crippen LogP contribution is 2.25. The lowest BCUT2D eigenvalue weighted by Gasteiger charge is -2.18. The van der Waals surface area contributed by atoms with Gasteiger partial charge < -0.3 is 5.32 Å². The first-order chi connectivity index (χ1) is 10.7. The molecular weight excluding hydrogens is 334 g/mol. The van der Waals surface area contributed by atoms with Gasteiger partial charge in [0.1, 0.15) is 0 Å². The third kappa shape index (κ3) is 4.07. The predicted octanol–water partition coefficient (Wildman–Crippen LogP) is 2.14. The maximum absolute atomic E-state index is 12.6. The van der Waals surface area contributed by atoms with Crippen LogP contribution in [0.3, 0.4) is 0 Å². The van der Waals surface area contributed by atoms with Gasteiger partial charge in [0.2, 0.25) is 15.9 Å². The van der Waals surface area contributed by atoms with Crippen molar-refractivity contribution in [2.45, 2.75) is 38.1 Å². The third-order valence-corrected chi connectivity index (χ3v) is 6.29. The van der Waals surface area contributed by atoms with Crippen LogP contribution in [0, 0.1) is 6.92 Å². The molecule has 0 aliphatic heterocycles. The van der Waals surface area contributed by atoms with Gasteiger partial charge >= 0.3 is 0 Å². The minimum Gasteiger partial charge on any atom is -0.353 e. The van der Waals surface area contributed by atoms with Crippen molar-refractivity contribution >= 4 is 37.5 Å². The van der Waals surface area contributed by atoms with Gasteiger partial charge in [-0.15, -0.1) is 11.3 Å². The SMILES string of the molecule is CCC(C)NC(=O)CN(C)S(=O)(=O)c1ccc2nc(C)sc2c1. The number of fused-ring (bicyclic) bond motifs is 1. The zero-order valence-electron chi connectivity index (χ0n) is 13.7. The molecule has 0 saturated carbocycles. The summed E-state index contributed by atoms with van der Waals surface area (Å²) >= 11 is 1.45. The van der Waals surface area contributed by atoms with Crippen molar-refractivity contribution in [3.05, 3.63) is 23.2 Å². The van der Waals surface area contributed by atoms with Crippen molar-refractivity contribution in [1.29, 1.82) is 0 Å². The summed E-state index contributed by atoms with van der Waals surface area (Å²) in [6, 6.07) is 4.85. The summed E-state index contributed by atoms with van der Waals surface area (Å²) in [5.74, 6) is -0.305. The predicted molar refractivity (Wildman–Crippen MR) is 92.1 cm³/mol. The van der Waals surface area contributed by atoms with E-state index in [-0.39, 0.29) is 23.4 Å². The number of benzene rings is 1. The van der Waals surface area contributed by atoms with Crippen molar-refractivity contribution in [2.24, 2.45) is 0 Å². The van der Waals surface area contributed by atoms with E-state index in [4.69, 9.17) is 0 Å². The van der Waals surface area contributed by atoms with Gasteiger partial charge in [-0.05, 0) is 38.5 Å². The fourth-order valence-corrected chi connectivity index (χ4v) is 4.17. The Balaban J connectivity index is 2.19. The molecule has 1 atom stereocenters. The number of hydrogen-bond donors (Lipinski definition) is 1. The first-order valence-electron chi connectivity index (χ1n) is 7.37. The standard InChI is InChI=1S/C15H21N3O3S2/c1-5-10(2)16-15(19)9-18(4)23(20,21)12-6-7-13-14(8-12)22-11(3)17-13/h6-8,10H,5,9H2,1-4H3,(H,16,19). The van der Waals surface area contributed by atoms with Crippen LogP contribution in [0.2, 0.25) is 0 Å². The highest BCUT2D eigenvalue weighted by Gasteiger charge is 2.24. The number of carbonyl (C=O) groups is 1. The van der Waals surface area contributed by atoms with Gasteiger partial charge in [0.05, 0.1) is 26.7 Å². The molecule has 1 aromatic carbocycles. The van der Waals surface area contributed by atoms with Crippen molar-refractivity contribution < 1.29 is 13.2 Å². The van der Waals surface area contributed by atoms with Crippen LogP contribution in [0.5, 0.6) is 0 Å². The number of sulfonamides is 1. The molecule has 0 bridgehead atoms. The van der Waals surface area contributed by atoms with Crippen molar-refractivity contribution in [1.82, 2.24) is 14.6 Å². The zero-order valence-corrected chi connectivity index (χ0v) is 15.3. The summed E-state index contributed by atoms with van der Waals surface area (Å²) in [5, 5.41) is 3.65. The number of likely N-dealkylation sites (N-methyl/N-ethyl adjacent to an activating group) is 1. The number of hydrogen-bond acceptors (Lipinski definition) is 5. The Morgan fingerprint density at radius 3 is 2.78 bits per heavy atom. The zero-order chi connectivity index (χ0) is 17.2. The van der Waals surface area contributed by atoms with Crippen LogP contribution < -0.4 is 5.32 Å². The maximum atomic E-state index is 12.6. The van der Waals surface area contributed by atoms with Crippen LogP contribution in [-0.2, 0) is 14.8 Å². The lowest BCUT2D eigenvalue weighted by atomic mass is 10.2. The average molecular weight is 355 g/mol. The monoisotopic (exact) mass is 355 g/mol. The molecule has 1 N–H and O–H groups in total. The molecular formula is C15H21N3O3S2. The Morgan fingerprint density at radius 1 is 1.43 bits per heavy atom. The summed E-state index contributed by atoms with van der Waals surface area (Å²) in [4.78, 5) is 16.4. The Kier molecular flexibility index (Phi) is 5.38. The van der Waals surface area contributed by atoms with Crippen molar-refractivity contribution in [3.63, 3.8) is 0 Å². The summed E-state index contributed by atoms with van der Waals surface area (Å²) in [6.45, 7) is 5.51. The van der Waals surface area contributed by atoms with Crippen LogP contribution in [0.15, 0.2) is 23.1 Å². The lowest BCUT2D eigenvalue weighted by molar-refractivity contribution is -0.121. The maximum Gasteiger partial charge on any atom is 0.243 e. The van der Waals surface area contributed by atoms with E-state index in [9.17, 15) is 13.2 Å². The number of amides is 1. The normalized spacial score (nSPS) is 13.4. The number of thiazole rings is 1. The van der Waals surface area contributed by atoms with E-state index in [2.05, 4.69) is 10.3 Å².